The molecular weight excluding hydrogens is 256 g/mol. The lowest BCUT2D eigenvalue weighted by molar-refractivity contribution is 0.00510. The molecule has 0 saturated carbocycles. The number of ether oxygens (including phenoxy) is 3. The Bertz CT molecular complexity index is 420. The van der Waals surface area contributed by atoms with Gasteiger partial charge in [0.1, 0.15) is 0 Å². The highest BCUT2D eigenvalue weighted by Crippen LogP contribution is 2.27. The van der Waals surface area contributed by atoms with Crippen molar-refractivity contribution in [2.45, 2.75) is 19.4 Å². The first-order chi connectivity index (χ1) is 9.72. The number of nitrogens with one attached hydrogen (secondary N) is 1. The van der Waals surface area contributed by atoms with Crippen molar-refractivity contribution in [3.8, 4) is 11.5 Å². The molecule has 20 heavy (non-hydrogen) atoms. The number of hydrazine groups is 1. The van der Waals surface area contributed by atoms with E-state index in [1.165, 1.54) is 5.56 Å². The summed E-state index contributed by atoms with van der Waals surface area (Å²) < 4.78 is 15.9. The Morgan fingerprint density at radius 1 is 1.20 bits per heavy atom. The van der Waals surface area contributed by atoms with Gasteiger partial charge in [-0.15, -0.1) is 0 Å². The van der Waals surface area contributed by atoms with Gasteiger partial charge < -0.3 is 14.2 Å². The first-order valence-electron chi connectivity index (χ1n) is 7.02. The molecule has 1 heterocycles. The topological polar surface area (TPSA) is 43.0 Å². The molecule has 2 rings (SSSR count). The molecule has 1 aromatic carbocycles. The van der Waals surface area contributed by atoms with E-state index in [0.717, 1.165) is 44.2 Å². The van der Waals surface area contributed by atoms with Crippen LogP contribution in [0.1, 0.15) is 12.5 Å². The van der Waals surface area contributed by atoms with Gasteiger partial charge in [0.25, 0.3) is 0 Å². The van der Waals surface area contributed by atoms with Gasteiger partial charge >= 0.3 is 0 Å². The lowest BCUT2D eigenvalue weighted by Gasteiger charge is -2.30. The molecule has 1 aliphatic heterocycles. The molecule has 0 aliphatic carbocycles. The molecule has 0 aromatic heterocycles. The third-order valence-electron chi connectivity index (χ3n) is 3.40. The second-order valence-electron chi connectivity index (χ2n) is 5.02. The fourth-order valence-corrected chi connectivity index (χ4v) is 2.41. The van der Waals surface area contributed by atoms with E-state index in [-0.39, 0.29) is 0 Å². The van der Waals surface area contributed by atoms with Crippen LogP contribution in [0.4, 0.5) is 0 Å². The van der Waals surface area contributed by atoms with Crippen LogP contribution in [0.3, 0.4) is 0 Å². The van der Waals surface area contributed by atoms with E-state index in [9.17, 15) is 0 Å². The minimum Gasteiger partial charge on any atom is -0.493 e. The summed E-state index contributed by atoms with van der Waals surface area (Å²) in [6, 6.07) is 6.44. The Balaban J connectivity index is 1.91. The van der Waals surface area contributed by atoms with Gasteiger partial charge in [0.15, 0.2) is 11.5 Å². The van der Waals surface area contributed by atoms with E-state index in [1.54, 1.807) is 14.2 Å². The summed E-state index contributed by atoms with van der Waals surface area (Å²) in [6.45, 7) is 5.67. The van der Waals surface area contributed by atoms with Crippen LogP contribution < -0.4 is 14.9 Å². The Hall–Kier alpha value is -1.30. The van der Waals surface area contributed by atoms with Gasteiger partial charge in [-0.2, -0.15) is 0 Å². The maximum absolute atomic E-state index is 5.34. The summed E-state index contributed by atoms with van der Waals surface area (Å²) >= 11 is 0. The number of hydrogen-bond acceptors (Lipinski definition) is 5. The minimum atomic E-state index is 0.367. The molecule has 1 N–H and O–H groups in total. The lowest BCUT2D eigenvalue weighted by atomic mass is 10.1. The van der Waals surface area contributed by atoms with E-state index < -0.39 is 0 Å². The van der Waals surface area contributed by atoms with Crippen LogP contribution in [0.15, 0.2) is 18.2 Å². The first-order valence-corrected chi connectivity index (χ1v) is 7.02. The van der Waals surface area contributed by atoms with Crippen molar-refractivity contribution in [3.63, 3.8) is 0 Å². The van der Waals surface area contributed by atoms with Crippen LogP contribution in [0.25, 0.3) is 0 Å². The largest absolute Gasteiger partial charge is 0.493 e. The molecule has 112 valence electrons. The molecule has 1 saturated heterocycles. The first kappa shape index (κ1) is 15.1. The van der Waals surface area contributed by atoms with Crippen LogP contribution >= 0.6 is 0 Å². The van der Waals surface area contributed by atoms with Crippen molar-refractivity contribution >= 4 is 0 Å². The zero-order valence-corrected chi connectivity index (χ0v) is 12.5. The van der Waals surface area contributed by atoms with E-state index in [2.05, 4.69) is 23.4 Å². The second kappa shape index (κ2) is 7.47. The number of nitrogens with zero attached hydrogens (tertiary/aromatic N) is 1. The normalized spacial score (nSPS) is 17.8. The van der Waals surface area contributed by atoms with Gasteiger partial charge in [0.2, 0.25) is 0 Å². The molecule has 0 radical (unpaired) electrons. The SMILES string of the molecule is COc1ccc(C[C@@H](C)NN2CCOCC2)cc1OC. The highest BCUT2D eigenvalue weighted by atomic mass is 16.5. The zero-order valence-electron chi connectivity index (χ0n) is 12.5. The van der Waals surface area contributed by atoms with Crippen LogP contribution in [0.2, 0.25) is 0 Å². The highest BCUT2D eigenvalue weighted by molar-refractivity contribution is 5.43. The zero-order chi connectivity index (χ0) is 14.4. The van der Waals surface area contributed by atoms with Crippen LogP contribution in [0, 0.1) is 0 Å². The van der Waals surface area contributed by atoms with Crippen molar-refractivity contribution in [2.24, 2.45) is 0 Å². The molecular formula is C15H24N2O3. The van der Waals surface area contributed by atoms with Gasteiger partial charge in [-0.25, -0.2) is 5.01 Å². The predicted molar refractivity (Wildman–Crippen MR) is 78.2 cm³/mol. The molecule has 0 unspecified atom stereocenters. The average Bonchev–Trinajstić information content (AvgIpc) is 2.48. The van der Waals surface area contributed by atoms with E-state index in [4.69, 9.17) is 14.2 Å². The molecule has 1 aliphatic rings. The number of rotatable bonds is 6. The Morgan fingerprint density at radius 2 is 1.90 bits per heavy atom. The quantitative estimate of drug-likeness (QED) is 0.855. The molecule has 1 aromatic rings. The third kappa shape index (κ3) is 4.10. The van der Waals surface area contributed by atoms with Gasteiger partial charge in [0.05, 0.1) is 27.4 Å². The minimum absolute atomic E-state index is 0.367. The standard InChI is InChI=1S/C15H24N2O3/c1-12(16-17-6-8-20-9-7-17)10-13-4-5-14(18-2)15(11-13)19-3/h4-5,11-12,16H,6-10H2,1-3H3/t12-/m1/s1. The Morgan fingerprint density at radius 3 is 2.55 bits per heavy atom. The van der Waals surface area contributed by atoms with Crippen LogP contribution in [-0.4, -0.2) is 51.6 Å². The van der Waals surface area contributed by atoms with Crippen molar-refractivity contribution in [1.29, 1.82) is 0 Å². The van der Waals surface area contributed by atoms with Crippen molar-refractivity contribution in [3.05, 3.63) is 23.8 Å². The average molecular weight is 280 g/mol. The summed E-state index contributed by atoms with van der Waals surface area (Å²) in [5.74, 6) is 1.55. The number of methoxy groups -OCH3 is 2. The fourth-order valence-electron chi connectivity index (χ4n) is 2.41. The molecule has 0 bridgehead atoms. The van der Waals surface area contributed by atoms with E-state index >= 15 is 0 Å². The summed E-state index contributed by atoms with van der Waals surface area (Å²) in [5, 5.41) is 2.23. The van der Waals surface area contributed by atoms with Crippen LogP contribution in [0.5, 0.6) is 11.5 Å². The van der Waals surface area contributed by atoms with E-state index in [0.29, 0.717) is 6.04 Å². The van der Waals surface area contributed by atoms with E-state index in [1.807, 2.05) is 12.1 Å². The van der Waals surface area contributed by atoms with Gasteiger partial charge in [-0.3, -0.25) is 5.43 Å². The van der Waals surface area contributed by atoms with Crippen molar-refractivity contribution in [1.82, 2.24) is 10.4 Å². The summed E-state index contributed by atoms with van der Waals surface area (Å²) in [6.07, 6.45) is 0.942. The summed E-state index contributed by atoms with van der Waals surface area (Å²) in [7, 11) is 3.32. The molecule has 5 nitrogen and oxygen atoms in total. The maximum atomic E-state index is 5.34. The second-order valence-corrected chi connectivity index (χ2v) is 5.02. The molecule has 5 heteroatoms. The number of hydrogen-bond donors (Lipinski definition) is 1. The molecule has 1 fully saturated rings. The van der Waals surface area contributed by atoms with Crippen molar-refractivity contribution < 1.29 is 14.2 Å². The van der Waals surface area contributed by atoms with Gasteiger partial charge in [0, 0.05) is 19.1 Å². The molecule has 1 atom stereocenters. The maximum Gasteiger partial charge on any atom is 0.160 e. The van der Waals surface area contributed by atoms with Gasteiger partial charge in [-0.05, 0) is 31.0 Å². The number of morpholine rings is 1. The predicted octanol–water partition coefficient (Wildman–Crippen LogP) is 1.47. The van der Waals surface area contributed by atoms with Crippen molar-refractivity contribution in [2.75, 3.05) is 40.5 Å². The fraction of sp³-hybridized carbons (Fsp3) is 0.600. The Labute approximate surface area is 120 Å². The number of benzene rings is 1. The van der Waals surface area contributed by atoms with Crippen LogP contribution in [-0.2, 0) is 11.2 Å². The molecule has 0 spiro atoms. The van der Waals surface area contributed by atoms with Gasteiger partial charge in [-0.1, -0.05) is 6.07 Å². The third-order valence-corrected chi connectivity index (χ3v) is 3.40. The summed E-state index contributed by atoms with van der Waals surface area (Å²) in [5.41, 5.74) is 4.75. The Kier molecular flexibility index (Phi) is 5.64. The monoisotopic (exact) mass is 280 g/mol. The lowest BCUT2D eigenvalue weighted by Crippen LogP contribution is -2.49. The smallest absolute Gasteiger partial charge is 0.160 e. The molecule has 0 amide bonds. The summed E-state index contributed by atoms with van der Waals surface area (Å²) in [4.78, 5) is 0. The highest BCUT2D eigenvalue weighted by Gasteiger charge is 2.14.